The van der Waals surface area contributed by atoms with Crippen molar-refractivity contribution < 1.29 is 0 Å². The van der Waals surface area contributed by atoms with Crippen LogP contribution in [0.3, 0.4) is 0 Å². The van der Waals surface area contributed by atoms with Gasteiger partial charge in [-0.05, 0) is 18.9 Å². The van der Waals surface area contributed by atoms with Crippen LogP contribution in [-0.4, -0.2) is 15.3 Å². The second kappa shape index (κ2) is 4.56. The van der Waals surface area contributed by atoms with Crippen LogP contribution in [0.1, 0.15) is 38.1 Å². The van der Waals surface area contributed by atoms with Crippen LogP contribution in [0.15, 0.2) is 12.4 Å². The molecule has 0 bridgehead atoms. The molecule has 0 aliphatic heterocycles. The molecule has 0 aliphatic rings. The van der Waals surface area contributed by atoms with E-state index >= 15 is 0 Å². The first kappa shape index (κ1) is 10.5. The minimum Gasteiger partial charge on any atom is -0.241 e. The number of hydrogen-bond acceptors (Lipinski definition) is 2. The molecular weight excluding hydrogens is 184 g/mol. The Labute approximate surface area is 84.4 Å². The van der Waals surface area contributed by atoms with Gasteiger partial charge in [-0.1, -0.05) is 13.8 Å². The number of rotatable bonds is 3. The van der Waals surface area contributed by atoms with Crippen LogP contribution >= 0.6 is 11.6 Å². The number of halogens is 1. The molecule has 1 atom stereocenters. The van der Waals surface area contributed by atoms with Gasteiger partial charge in [-0.25, -0.2) is 9.97 Å². The normalized spacial score (nSPS) is 13.3. The number of alkyl halides is 1. The van der Waals surface area contributed by atoms with E-state index in [0.717, 1.165) is 17.8 Å². The van der Waals surface area contributed by atoms with Crippen molar-refractivity contribution in [1.82, 2.24) is 9.97 Å². The summed E-state index contributed by atoms with van der Waals surface area (Å²) in [5.74, 6) is 0.451. The van der Waals surface area contributed by atoms with Gasteiger partial charge < -0.3 is 0 Å². The van der Waals surface area contributed by atoms with Gasteiger partial charge in [0.25, 0.3) is 0 Å². The average Bonchev–Trinajstić information content (AvgIpc) is 2.03. The molecule has 0 saturated carbocycles. The molecule has 1 aromatic rings. The van der Waals surface area contributed by atoms with Gasteiger partial charge >= 0.3 is 0 Å². The van der Waals surface area contributed by atoms with Crippen molar-refractivity contribution in [3.05, 3.63) is 23.8 Å². The van der Waals surface area contributed by atoms with E-state index in [1.807, 2.05) is 13.0 Å². The van der Waals surface area contributed by atoms with Crippen molar-refractivity contribution in [2.75, 3.05) is 0 Å². The summed E-state index contributed by atoms with van der Waals surface area (Å²) < 4.78 is 0. The third-order valence-corrected chi connectivity index (χ3v) is 1.98. The molecule has 0 spiro atoms. The predicted octanol–water partition coefficient (Wildman–Crippen LogP) is 2.77. The summed E-state index contributed by atoms with van der Waals surface area (Å²) in [6.07, 6.45) is 2.42. The van der Waals surface area contributed by atoms with Crippen LogP contribution in [0.4, 0.5) is 0 Å². The lowest BCUT2D eigenvalue weighted by Gasteiger charge is -2.06. The fourth-order valence-corrected chi connectivity index (χ4v) is 1.29. The molecule has 0 amide bonds. The molecule has 72 valence electrons. The molecule has 0 aliphatic carbocycles. The molecule has 13 heavy (non-hydrogen) atoms. The van der Waals surface area contributed by atoms with Gasteiger partial charge in [-0.3, -0.25) is 0 Å². The topological polar surface area (TPSA) is 25.8 Å². The maximum Gasteiger partial charge on any atom is 0.115 e. The molecule has 0 saturated heterocycles. The highest BCUT2D eigenvalue weighted by Gasteiger charge is 2.05. The minimum absolute atomic E-state index is 0.134. The number of hydrogen-bond donors (Lipinski definition) is 0. The Morgan fingerprint density at radius 3 is 2.54 bits per heavy atom. The Kier molecular flexibility index (Phi) is 3.67. The van der Waals surface area contributed by atoms with Crippen LogP contribution in [0.2, 0.25) is 0 Å². The monoisotopic (exact) mass is 198 g/mol. The Morgan fingerprint density at radius 1 is 1.31 bits per heavy atom. The van der Waals surface area contributed by atoms with Crippen molar-refractivity contribution in [2.24, 2.45) is 0 Å². The second-order valence-corrected chi connectivity index (χ2v) is 4.32. The summed E-state index contributed by atoms with van der Waals surface area (Å²) >= 11 is 5.88. The van der Waals surface area contributed by atoms with Gasteiger partial charge in [-0.15, -0.1) is 11.6 Å². The van der Waals surface area contributed by atoms with E-state index in [0.29, 0.717) is 5.92 Å². The summed E-state index contributed by atoms with van der Waals surface area (Å²) in [5.41, 5.74) is 2.11. The predicted molar refractivity (Wildman–Crippen MR) is 55.1 cm³/mol. The molecule has 1 unspecified atom stereocenters. The molecule has 3 heteroatoms. The van der Waals surface area contributed by atoms with E-state index in [1.165, 1.54) is 0 Å². The van der Waals surface area contributed by atoms with Crippen LogP contribution in [0, 0.1) is 0 Å². The molecule has 0 aromatic carbocycles. The third-order valence-electron chi connectivity index (χ3n) is 1.83. The standard InChI is InChI=1S/C10H15ClN2/c1-7(2)10-5-9(4-8(3)11)12-6-13-10/h5-8H,4H2,1-3H3. The maximum absolute atomic E-state index is 5.88. The van der Waals surface area contributed by atoms with Crippen molar-refractivity contribution in [2.45, 2.75) is 38.5 Å². The highest BCUT2D eigenvalue weighted by atomic mass is 35.5. The van der Waals surface area contributed by atoms with E-state index in [-0.39, 0.29) is 5.38 Å². The van der Waals surface area contributed by atoms with E-state index in [4.69, 9.17) is 11.6 Å². The van der Waals surface area contributed by atoms with Gasteiger partial charge in [0.15, 0.2) is 0 Å². The van der Waals surface area contributed by atoms with Crippen molar-refractivity contribution in [3.8, 4) is 0 Å². The van der Waals surface area contributed by atoms with Crippen molar-refractivity contribution in [1.29, 1.82) is 0 Å². The highest BCUT2D eigenvalue weighted by Crippen LogP contribution is 2.12. The lowest BCUT2D eigenvalue weighted by atomic mass is 10.1. The SMILES string of the molecule is CC(Cl)Cc1cc(C(C)C)ncn1. The Balaban J connectivity index is 2.79. The molecule has 1 aromatic heterocycles. The zero-order valence-corrected chi connectivity index (χ0v) is 9.04. The van der Waals surface area contributed by atoms with E-state index in [1.54, 1.807) is 6.33 Å². The molecule has 0 fully saturated rings. The Morgan fingerprint density at radius 2 is 2.00 bits per heavy atom. The molecule has 0 radical (unpaired) electrons. The fraction of sp³-hybridized carbons (Fsp3) is 0.600. The van der Waals surface area contributed by atoms with Gasteiger partial charge in [-0.2, -0.15) is 0 Å². The van der Waals surface area contributed by atoms with E-state index in [2.05, 4.69) is 23.8 Å². The van der Waals surface area contributed by atoms with Gasteiger partial charge in [0.1, 0.15) is 6.33 Å². The first-order valence-electron chi connectivity index (χ1n) is 4.54. The molecule has 2 nitrogen and oxygen atoms in total. The van der Waals surface area contributed by atoms with Gasteiger partial charge in [0.2, 0.25) is 0 Å². The first-order valence-corrected chi connectivity index (χ1v) is 4.98. The summed E-state index contributed by atoms with van der Waals surface area (Å²) in [7, 11) is 0. The van der Waals surface area contributed by atoms with Crippen molar-refractivity contribution in [3.63, 3.8) is 0 Å². The lowest BCUT2D eigenvalue weighted by molar-refractivity contribution is 0.791. The largest absolute Gasteiger partial charge is 0.241 e. The van der Waals surface area contributed by atoms with Crippen LogP contribution < -0.4 is 0 Å². The maximum atomic E-state index is 5.88. The highest BCUT2D eigenvalue weighted by molar-refractivity contribution is 6.20. The summed E-state index contributed by atoms with van der Waals surface area (Å²) in [4.78, 5) is 8.36. The van der Waals surface area contributed by atoms with Crippen LogP contribution in [0.25, 0.3) is 0 Å². The van der Waals surface area contributed by atoms with Gasteiger partial charge in [0.05, 0.1) is 0 Å². The van der Waals surface area contributed by atoms with Gasteiger partial charge in [0, 0.05) is 23.2 Å². The quantitative estimate of drug-likeness (QED) is 0.699. The number of nitrogens with zero attached hydrogens (tertiary/aromatic N) is 2. The van der Waals surface area contributed by atoms with E-state index < -0.39 is 0 Å². The molecule has 0 N–H and O–H groups in total. The molecular formula is C10H15ClN2. The van der Waals surface area contributed by atoms with E-state index in [9.17, 15) is 0 Å². The zero-order valence-electron chi connectivity index (χ0n) is 8.29. The fourth-order valence-electron chi connectivity index (χ4n) is 1.13. The van der Waals surface area contributed by atoms with Crippen LogP contribution in [0.5, 0.6) is 0 Å². The van der Waals surface area contributed by atoms with Crippen molar-refractivity contribution >= 4 is 11.6 Å². The smallest absolute Gasteiger partial charge is 0.115 e. The lowest BCUT2D eigenvalue weighted by Crippen LogP contribution is -2.02. The third kappa shape index (κ3) is 3.31. The average molecular weight is 199 g/mol. The molecule has 1 heterocycles. The second-order valence-electron chi connectivity index (χ2n) is 3.57. The Hall–Kier alpha value is -0.630. The summed E-state index contributed by atoms with van der Waals surface area (Å²) in [6.45, 7) is 6.21. The number of aromatic nitrogens is 2. The minimum atomic E-state index is 0.134. The summed E-state index contributed by atoms with van der Waals surface area (Å²) in [5, 5.41) is 0.134. The zero-order chi connectivity index (χ0) is 9.84. The van der Waals surface area contributed by atoms with Crippen LogP contribution in [-0.2, 0) is 6.42 Å². The summed E-state index contributed by atoms with van der Waals surface area (Å²) in [6, 6.07) is 2.03. The Bertz CT molecular complexity index is 271. The first-order chi connectivity index (χ1) is 6.09. The molecule has 1 rings (SSSR count).